The number of ether oxygens (including phenoxy) is 2. The number of phosphoric ester groups is 1. The van der Waals surface area contributed by atoms with Gasteiger partial charge in [-0.2, -0.15) is 0 Å². The van der Waals surface area contributed by atoms with Gasteiger partial charge in [-0.3, -0.25) is 18.6 Å². The molecule has 0 rings (SSSR count). The van der Waals surface area contributed by atoms with Crippen LogP contribution in [0, 0.1) is 0 Å². The highest BCUT2D eigenvalue weighted by Gasteiger charge is 2.26. The zero-order valence-corrected chi connectivity index (χ0v) is 44.6. The highest BCUT2D eigenvalue weighted by molar-refractivity contribution is 7.47. The fourth-order valence-corrected chi connectivity index (χ4v) is 7.95. The zero-order chi connectivity index (χ0) is 50.2. The first kappa shape index (κ1) is 65.7. The van der Waals surface area contributed by atoms with Gasteiger partial charge in [0.15, 0.2) is 6.10 Å². The van der Waals surface area contributed by atoms with Crippen molar-refractivity contribution in [2.75, 3.05) is 26.4 Å². The molecule has 0 amide bonds. The SMILES string of the molecule is CC/C=C\C/C=C\C/C=C\C/C=C\C/C=C\CCCCCCCC(=O)OC(COC(=O)CCCCCCCCCCCCCCCC/C=C\C/C=C\C/C=C\C/C=C\CC)COP(=O)(O)OCCN. The summed E-state index contributed by atoms with van der Waals surface area (Å²) >= 11 is 0. The molecule has 0 aromatic rings. The van der Waals surface area contributed by atoms with Crippen molar-refractivity contribution in [2.24, 2.45) is 5.73 Å². The smallest absolute Gasteiger partial charge is 0.462 e. The lowest BCUT2D eigenvalue weighted by atomic mass is 10.0. The predicted molar refractivity (Wildman–Crippen MR) is 293 cm³/mol. The maximum atomic E-state index is 12.7. The molecule has 0 aromatic heterocycles. The van der Waals surface area contributed by atoms with Crippen molar-refractivity contribution >= 4 is 19.8 Å². The summed E-state index contributed by atoms with van der Waals surface area (Å²) in [5.41, 5.74) is 5.37. The van der Waals surface area contributed by atoms with Crippen molar-refractivity contribution in [2.45, 2.75) is 225 Å². The molecule has 0 heterocycles. The maximum Gasteiger partial charge on any atom is 0.472 e. The molecule has 2 atom stereocenters. The van der Waals surface area contributed by atoms with Crippen LogP contribution < -0.4 is 5.73 Å². The largest absolute Gasteiger partial charge is 0.472 e. The number of carbonyl (C=O) groups excluding carboxylic acids is 2. The number of hydrogen-bond acceptors (Lipinski definition) is 8. The Morgan fingerprint density at radius 1 is 0.435 bits per heavy atom. The number of allylic oxidation sites excluding steroid dienone is 18. The summed E-state index contributed by atoms with van der Waals surface area (Å²) in [5.74, 6) is -0.855. The number of nitrogens with two attached hydrogens (primary N) is 1. The number of carbonyl (C=O) groups is 2. The van der Waals surface area contributed by atoms with Crippen LogP contribution >= 0.6 is 7.82 Å². The zero-order valence-electron chi connectivity index (χ0n) is 43.8. The molecule has 394 valence electrons. The van der Waals surface area contributed by atoms with Crippen LogP contribution in [0.2, 0.25) is 0 Å². The summed E-state index contributed by atoms with van der Waals surface area (Å²) in [4.78, 5) is 35.1. The first-order valence-electron chi connectivity index (χ1n) is 27.4. The minimum atomic E-state index is -4.40. The van der Waals surface area contributed by atoms with E-state index < -0.39 is 32.5 Å². The molecular formula is C59H100NO8P. The van der Waals surface area contributed by atoms with E-state index in [2.05, 4.69) is 123 Å². The monoisotopic (exact) mass is 982 g/mol. The third-order valence-electron chi connectivity index (χ3n) is 11.2. The first-order valence-corrected chi connectivity index (χ1v) is 28.9. The van der Waals surface area contributed by atoms with Gasteiger partial charge in [0.05, 0.1) is 13.2 Å². The lowest BCUT2D eigenvalue weighted by Gasteiger charge is -2.19. The molecule has 69 heavy (non-hydrogen) atoms. The van der Waals surface area contributed by atoms with Crippen molar-refractivity contribution in [1.82, 2.24) is 0 Å². The molecule has 0 radical (unpaired) electrons. The van der Waals surface area contributed by atoms with Gasteiger partial charge in [-0.1, -0.05) is 220 Å². The number of esters is 2. The fraction of sp³-hybridized carbons (Fsp3) is 0.661. The van der Waals surface area contributed by atoms with E-state index in [0.29, 0.717) is 6.42 Å². The second-order valence-electron chi connectivity index (χ2n) is 17.7. The Hall–Kier alpha value is -3.33. The fourth-order valence-electron chi connectivity index (χ4n) is 7.18. The molecular weight excluding hydrogens is 882 g/mol. The molecule has 9 nitrogen and oxygen atoms in total. The average Bonchev–Trinajstić information content (AvgIpc) is 3.34. The number of phosphoric acid groups is 1. The van der Waals surface area contributed by atoms with Crippen LogP contribution in [-0.2, 0) is 32.7 Å². The van der Waals surface area contributed by atoms with Crippen molar-refractivity contribution in [1.29, 1.82) is 0 Å². The number of rotatable bonds is 50. The molecule has 0 aliphatic carbocycles. The summed E-state index contributed by atoms with van der Waals surface area (Å²) in [6.45, 7) is 3.49. The van der Waals surface area contributed by atoms with Crippen molar-refractivity contribution in [3.8, 4) is 0 Å². The number of unbranched alkanes of at least 4 members (excludes halogenated alkanes) is 19. The van der Waals surface area contributed by atoms with E-state index in [-0.39, 0.29) is 32.6 Å². The van der Waals surface area contributed by atoms with E-state index in [1.807, 2.05) is 0 Å². The Balaban J connectivity index is 4.04. The Labute approximate surface area is 422 Å². The molecule has 0 bridgehead atoms. The highest BCUT2D eigenvalue weighted by atomic mass is 31.2. The van der Waals surface area contributed by atoms with Gasteiger partial charge in [0.2, 0.25) is 0 Å². The predicted octanol–water partition coefficient (Wildman–Crippen LogP) is 17.1. The van der Waals surface area contributed by atoms with Gasteiger partial charge in [0, 0.05) is 19.4 Å². The topological polar surface area (TPSA) is 134 Å². The van der Waals surface area contributed by atoms with Crippen LogP contribution in [0.25, 0.3) is 0 Å². The first-order chi connectivity index (χ1) is 33.8. The Bertz CT molecular complexity index is 1490. The quantitative estimate of drug-likeness (QED) is 0.0264. The molecule has 0 spiro atoms. The van der Waals surface area contributed by atoms with Gasteiger partial charge < -0.3 is 20.1 Å². The van der Waals surface area contributed by atoms with E-state index in [0.717, 1.165) is 109 Å². The highest BCUT2D eigenvalue weighted by Crippen LogP contribution is 2.43. The summed E-state index contributed by atoms with van der Waals surface area (Å²) in [7, 11) is -4.40. The van der Waals surface area contributed by atoms with E-state index >= 15 is 0 Å². The van der Waals surface area contributed by atoms with Crippen molar-refractivity contribution < 1.29 is 37.6 Å². The second-order valence-corrected chi connectivity index (χ2v) is 19.1. The summed E-state index contributed by atoms with van der Waals surface area (Å²) in [6.07, 6.45) is 72.7. The standard InChI is InChI=1S/C59H100NO8P/c1-3-5-7-9-11-13-15-17-19-21-23-25-26-27-28-29-30-32-33-35-37-39-41-43-45-47-49-51-58(61)65-55-57(56-67-69(63,64)66-54-53-60)68-59(62)52-50-48-46-44-42-40-38-36-34-31-24-22-20-18-16-14-12-10-8-6-4-2/h5-8,11-14,17-20,23-25,31,36,38,57H,3-4,9-10,15-16,21-22,26-30,32-35,37,39-56,60H2,1-2H3,(H,63,64)/b7-5-,8-6-,13-11-,14-12-,19-17-,20-18-,25-23-,31-24-,38-36-. The molecule has 0 fully saturated rings. The van der Waals surface area contributed by atoms with Crippen LogP contribution in [0.15, 0.2) is 109 Å². The molecule has 0 aliphatic heterocycles. The summed E-state index contributed by atoms with van der Waals surface area (Å²) in [6, 6.07) is 0. The van der Waals surface area contributed by atoms with Crippen LogP contribution in [-0.4, -0.2) is 49.3 Å². The lowest BCUT2D eigenvalue weighted by Crippen LogP contribution is -2.29. The summed E-state index contributed by atoms with van der Waals surface area (Å²) < 4.78 is 33.0. The lowest BCUT2D eigenvalue weighted by molar-refractivity contribution is -0.161. The van der Waals surface area contributed by atoms with Gasteiger partial charge in [0.1, 0.15) is 6.61 Å². The normalized spacial score (nSPS) is 14.0. The van der Waals surface area contributed by atoms with Gasteiger partial charge in [-0.15, -0.1) is 0 Å². The molecule has 10 heteroatoms. The van der Waals surface area contributed by atoms with E-state index in [1.165, 1.54) is 77.0 Å². The molecule has 2 unspecified atom stereocenters. The summed E-state index contributed by atoms with van der Waals surface area (Å²) in [5, 5.41) is 0. The average molecular weight is 982 g/mol. The van der Waals surface area contributed by atoms with Crippen LogP contribution in [0.3, 0.4) is 0 Å². The molecule has 0 aromatic carbocycles. The second kappa shape index (κ2) is 54.0. The van der Waals surface area contributed by atoms with Gasteiger partial charge in [-0.25, -0.2) is 4.57 Å². The van der Waals surface area contributed by atoms with Crippen LogP contribution in [0.4, 0.5) is 0 Å². The molecule has 0 aliphatic rings. The maximum absolute atomic E-state index is 12.7. The van der Waals surface area contributed by atoms with E-state index in [9.17, 15) is 19.0 Å². The van der Waals surface area contributed by atoms with Gasteiger partial charge in [-0.05, 0) is 96.3 Å². The minimum absolute atomic E-state index is 0.0446. The molecule has 0 saturated heterocycles. The minimum Gasteiger partial charge on any atom is -0.462 e. The third kappa shape index (κ3) is 53.9. The Morgan fingerprint density at radius 3 is 1.12 bits per heavy atom. The van der Waals surface area contributed by atoms with E-state index in [4.69, 9.17) is 24.3 Å². The number of hydrogen-bond donors (Lipinski definition) is 2. The van der Waals surface area contributed by atoms with Crippen LogP contribution in [0.5, 0.6) is 0 Å². The molecule has 0 saturated carbocycles. The van der Waals surface area contributed by atoms with Crippen molar-refractivity contribution in [3.63, 3.8) is 0 Å². The Kier molecular flexibility index (Phi) is 51.4. The van der Waals surface area contributed by atoms with Crippen LogP contribution in [0.1, 0.15) is 219 Å². The van der Waals surface area contributed by atoms with Gasteiger partial charge in [0.25, 0.3) is 0 Å². The Morgan fingerprint density at radius 2 is 0.754 bits per heavy atom. The van der Waals surface area contributed by atoms with Gasteiger partial charge >= 0.3 is 19.8 Å². The van der Waals surface area contributed by atoms with Crippen molar-refractivity contribution in [3.05, 3.63) is 109 Å². The third-order valence-corrected chi connectivity index (χ3v) is 12.1. The molecule has 3 N–H and O–H groups in total. The van der Waals surface area contributed by atoms with E-state index in [1.54, 1.807) is 0 Å².